The molecule has 12 rings (SSSR count). The van der Waals surface area contributed by atoms with E-state index in [9.17, 15) is 0 Å². The Labute approximate surface area is 337 Å². The van der Waals surface area contributed by atoms with Crippen LogP contribution in [0.1, 0.15) is 25.0 Å². The van der Waals surface area contributed by atoms with Crippen molar-refractivity contribution in [3.8, 4) is 55.6 Å². The molecule has 0 radical (unpaired) electrons. The number of hydrogen-bond acceptors (Lipinski definition) is 1. The third-order valence-corrected chi connectivity index (χ3v) is 12.8. The molecule has 0 fully saturated rings. The summed E-state index contributed by atoms with van der Waals surface area (Å²) in [6.07, 6.45) is 0. The first-order valence-corrected chi connectivity index (χ1v) is 20.3. The van der Waals surface area contributed by atoms with Crippen LogP contribution in [0.15, 0.2) is 199 Å². The maximum Gasteiger partial charge on any atom is 0.135 e. The van der Waals surface area contributed by atoms with Crippen LogP contribution in [0.3, 0.4) is 0 Å². The van der Waals surface area contributed by atoms with Crippen LogP contribution < -0.4 is 0 Å². The van der Waals surface area contributed by atoms with Gasteiger partial charge in [-0.05, 0) is 123 Å². The lowest BCUT2D eigenvalue weighted by Gasteiger charge is -2.23. The Bertz CT molecular complexity index is 3410. The van der Waals surface area contributed by atoms with Crippen LogP contribution in [0.5, 0.6) is 0 Å². The molecule has 0 saturated carbocycles. The predicted octanol–water partition coefficient (Wildman–Crippen LogP) is 16.0. The van der Waals surface area contributed by atoms with E-state index in [1.54, 1.807) is 0 Å². The molecular formula is C57H38O. The first kappa shape index (κ1) is 33.0. The Morgan fingerprint density at radius 3 is 1.64 bits per heavy atom. The smallest absolute Gasteiger partial charge is 0.135 e. The summed E-state index contributed by atoms with van der Waals surface area (Å²) < 4.78 is 6.12. The van der Waals surface area contributed by atoms with E-state index in [2.05, 4.69) is 196 Å². The highest BCUT2D eigenvalue weighted by atomic mass is 16.3. The monoisotopic (exact) mass is 738 g/mol. The SMILES string of the molecule is CC1(C)c2cccc(-c3cccc(-c4c5ccccc5c(-c5ccc(-c6ccc7oc8ccccc8c7c6)cc5)c5ccccc45)c3)c2-c2ccc3ccccc3c21. The van der Waals surface area contributed by atoms with Crippen LogP contribution in [-0.2, 0) is 5.41 Å². The molecule has 11 aromatic rings. The molecule has 0 aliphatic heterocycles. The minimum atomic E-state index is -0.109. The van der Waals surface area contributed by atoms with E-state index >= 15 is 0 Å². The Balaban J connectivity index is 1.00. The topological polar surface area (TPSA) is 13.1 Å². The highest BCUT2D eigenvalue weighted by Crippen LogP contribution is 2.54. The quantitative estimate of drug-likeness (QED) is 0.164. The zero-order valence-electron chi connectivity index (χ0n) is 32.4. The Morgan fingerprint density at radius 1 is 0.328 bits per heavy atom. The lowest BCUT2D eigenvalue weighted by atomic mass is 9.80. The van der Waals surface area contributed by atoms with E-state index in [-0.39, 0.29) is 5.41 Å². The van der Waals surface area contributed by atoms with Gasteiger partial charge in [0.2, 0.25) is 0 Å². The molecule has 0 saturated heterocycles. The molecule has 0 amide bonds. The lowest BCUT2D eigenvalue weighted by molar-refractivity contribution is 0.666. The van der Waals surface area contributed by atoms with E-state index in [4.69, 9.17) is 4.42 Å². The molecule has 1 heteroatoms. The van der Waals surface area contributed by atoms with Crippen molar-refractivity contribution in [1.82, 2.24) is 0 Å². The van der Waals surface area contributed by atoms with E-state index < -0.39 is 0 Å². The van der Waals surface area contributed by atoms with Crippen LogP contribution in [0, 0.1) is 0 Å². The van der Waals surface area contributed by atoms with Crippen LogP contribution in [0.4, 0.5) is 0 Å². The molecule has 272 valence electrons. The zero-order chi connectivity index (χ0) is 38.5. The number of benzene rings is 10. The van der Waals surface area contributed by atoms with Gasteiger partial charge in [-0.1, -0.05) is 184 Å². The third-order valence-electron chi connectivity index (χ3n) is 12.8. The van der Waals surface area contributed by atoms with Gasteiger partial charge in [0.25, 0.3) is 0 Å². The minimum Gasteiger partial charge on any atom is -0.456 e. The Morgan fingerprint density at radius 2 is 0.897 bits per heavy atom. The van der Waals surface area contributed by atoms with Crippen molar-refractivity contribution in [2.45, 2.75) is 19.3 Å². The van der Waals surface area contributed by atoms with Crippen LogP contribution >= 0.6 is 0 Å². The minimum absolute atomic E-state index is 0.109. The van der Waals surface area contributed by atoms with Gasteiger partial charge < -0.3 is 4.42 Å². The van der Waals surface area contributed by atoms with E-state index in [1.165, 1.54) is 99.1 Å². The predicted molar refractivity (Wildman–Crippen MR) is 246 cm³/mol. The van der Waals surface area contributed by atoms with Gasteiger partial charge in [0.15, 0.2) is 0 Å². The molecule has 58 heavy (non-hydrogen) atoms. The van der Waals surface area contributed by atoms with Gasteiger partial charge in [-0.15, -0.1) is 0 Å². The maximum absolute atomic E-state index is 6.12. The van der Waals surface area contributed by atoms with Crippen LogP contribution in [0.25, 0.3) is 110 Å². The second-order valence-electron chi connectivity index (χ2n) is 16.4. The van der Waals surface area contributed by atoms with Crippen molar-refractivity contribution < 1.29 is 4.42 Å². The molecule has 1 aliphatic rings. The highest BCUT2D eigenvalue weighted by Gasteiger charge is 2.38. The second kappa shape index (κ2) is 12.4. The first-order chi connectivity index (χ1) is 28.5. The molecule has 0 atom stereocenters. The third kappa shape index (κ3) is 4.77. The number of hydrogen-bond donors (Lipinski definition) is 0. The van der Waals surface area contributed by atoms with Gasteiger partial charge >= 0.3 is 0 Å². The number of fused-ring (bicyclic) bond motifs is 10. The molecule has 0 unspecified atom stereocenters. The molecule has 10 aromatic carbocycles. The maximum atomic E-state index is 6.12. The fourth-order valence-electron chi connectivity index (χ4n) is 10.2. The second-order valence-corrected chi connectivity index (χ2v) is 16.4. The Kier molecular flexibility index (Phi) is 7.04. The molecule has 0 bridgehead atoms. The first-order valence-electron chi connectivity index (χ1n) is 20.3. The summed E-state index contributed by atoms with van der Waals surface area (Å²) in [6, 6.07) is 71.4. The van der Waals surface area contributed by atoms with E-state index in [0.717, 1.165) is 21.9 Å². The number of furan rings is 1. The van der Waals surface area contributed by atoms with Gasteiger partial charge in [0, 0.05) is 16.2 Å². The van der Waals surface area contributed by atoms with E-state index in [1.807, 2.05) is 12.1 Å². The zero-order valence-corrected chi connectivity index (χ0v) is 32.4. The summed E-state index contributed by atoms with van der Waals surface area (Å²) in [5.41, 5.74) is 17.1. The molecule has 1 nitrogen and oxygen atoms in total. The van der Waals surface area contributed by atoms with Crippen molar-refractivity contribution in [3.63, 3.8) is 0 Å². The summed E-state index contributed by atoms with van der Waals surface area (Å²) in [5.74, 6) is 0. The molecular weight excluding hydrogens is 701 g/mol. The van der Waals surface area contributed by atoms with Gasteiger partial charge in [-0.2, -0.15) is 0 Å². The van der Waals surface area contributed by atoms with Gasteiger partial charge in [-0.25, -0.2) is 0 Å². The largest absolute Gasteiger partial charge is 0.456 e. The van der Waals surface area contributed by atoms with Gasteiger partial charge in [0.1, 0.15) is 11.2 Å². The molecule has 0 N–H and O–H groups in total. The van der Waals surface area contributed by atoms with Crippen molar-refractivity contribution in [2.24, 2.45) is 0 Å². The van der Waals surface area contributed by atoms with E-state index in [0.29, 0.717) is 0 Å². The fourth-order valence-corrected chi connectivity index (χ4v) is 10.2. The van der Waals surface area contributed by atoms with Crippen molar-refractivity contribution >= 4 is 54.3 Å². The summed E-state index contributed by atoms with van der Waals surface area (Å²) in [4.78, 5) is 0. The average Bonchev–Trinajstić information content (AvgIpc) is 3.77. The summed E-state index contributed by atoms with van der Waals surface area (Å²) in [6.45, 7) is 4.78. The fraction of sp³-hybridized carbons (Fsp3) is 0.0526. The summed E-state index contributed by atoms with van der Waals surface area (Å²) >= 11 is 0. The van der Waals surface area contributed by atoms with Crippen LogP contribution in [-0.4, -0.2) is 0 Å². The average molecular weight is 739 g/mol. The normalized spacial score (nSPS) is 13.1. The Hall–Kier alpha value is -7.22. The van der Waals surface area contributed by atoms with Crippen molar-refractivity contribution in [3.05, 3.63) is 205 Å². The molecule has 1 heterocycles. The van der Waals surface area contributed by atoms with Gasteiger partial charge in [-0.3, -0.25) is 0 Å². The van der Waals surface area contributed by atoms with Gasteiger partial charge in [0.05, 0.1) is 0 Å². The highest BCUT2D eigenvalue weighted by molar-refractivity contribution is 6.21. The lowest BCUT2D eigenvalue weighted by Crippen LogP contribution is -2.15. The molecule has 0 spiro atoms. The van der Waals surface area contributed by atoms with Crippen molar-refractivity contribution in [1.29, 1.82) is 0 Å². The number of rotatable bonds is 4. The summed E-state index contributed by atoms with van der Waals surface area (Å²) in [7, 11) is 0. The standard InChI is InChI=1S/C57H38O/c1-57(2)50-23-12-22-41(55(50)48-31-29-36-13-3-4-16-42(36)56(48)57)39-14-11-15-40(33-39)54-46-20-7-5-18-44(46)53(45-19-6-8-21-47(45)54)37-27-25-35(26-28-37)38-30-32-52-49(34-38)43-17-9-10-24-51(43)58-52/h3-34H,1-2H3. The molecule has 1 aromatic heterocycles. The number of para-hydroxylation sites is 1. The van der Waals surface area contributed by atoms with Crippen molar-refractivity contribution in [2.75, 3.05) is 0 Å². The molecule has 1 aliphatic carbocycles. The van der Waals surface area contributed by atoms with Crippen LogP contribution in [0.2, 0.25) is 0 Å². The summed E-state index contributed by atoms with van der Waals surface area (Å²) in [5, 5.41) is 9.95.